The Balaban J connectivity index is 1.62. The third-order valence-corrected chi connectivity index (χ3v) is 5.77. The van der Waals surface area contributed by atoms with Gasteiger partial charge in [0, 0.05) is 29.7 Å². The van der Waals surface area contributed by atoms with Crippen molar-refractivity contribution in [3.8, 4) is 0 Å². The van der Waals surface area contributed by atoms with E-state index in [1.54, 1.807) is 18.4 Å². The molecule has 0 fully saturated rings. The maximum atomic E-state index is 4.73. The van der Waals surface area contributed by atoms with Crippen LogP contribution in [-0.4, -0.2) is 22.8 Å². The van der Waals surface area contributed by atoms with E-state index in [4.69, 9.17) is 5.10 Å². The van der Waals surface area contributed by atoms with Gasteiger partial charge in [0.25, 0.3) is 0 Å². The van der Waals surface area contributed by atoms with Crippen molar-refractivity contribution in [1.82, 2.24) is 20.4 Å². The summed E-state index contributed by atoms with van der Waals surface area (Å²) in [6.45, 7) is 8.61. The fraction of sp³-hybridized carbons (Fsp3) is 0.333. The Morgan fingerprint density at radius 3 is 2.48 bits per heavy atom. The molecule has 0 amide bonds. The largest absolute Gasteiger partial charge is 0.352 e. The lowest BCUT2D eigenvalue weighted by atomic mass is 10.2. The van der Waals surface area contributed by atoms with Gasteiger partial charge in [-0.2, -0.15) is 5.10 Å². The van der Waals surface area contributed by atoms with Gasteiger partial charge >= 0.3 is 0 Å². The summed E-state index contributed by atoms with van der Waals surface area (Å²) >= 11 is 1.77. The molecule has 2 aromatic heterocycles. The highest BCUT2D eigenvalue weighted by Gasteiger charge is 2.12. The van der Waals surface area contributed by atoms with Crippen LogP contribution in [0.5, 0.6) is 0 Å². The molecule has 5 nitrogen and oxygen atoms in total. The number of nitrogens with zero attached hydrogens (tertiary/aromatic N) is 3. The van der Waals surface area contributed by atoms with Gasteiger partial charge in [-0.05, 0) is 43.3 Å². The summed E-state index contributed by atoms with van der Waals surface area (Å²) in [5.41, 5.74) is 6.04. The average Bonchev–Trinajstić information content (AvgIpc) is 3.20. The van der Waals surface area contributed by atoms with Crippen molar-refractivity contribution in [2.24, 2.45) is 4.99 Å². The first-order valence-corrected chi connectivity index (χ1v) is 10.0. The highest BCUT2D eigenvalue weighted by molar-refractivity contribution is 7.10. The normalized spacial score (nSPS) is 11.6. The number of rotatable bonds is 6. The van der Waals surface area contributed by atoms with E-state index in [1.165, 1.54) is 27.3 Å². The number of aromatic nitrogens is 2. The van der Waals surface area contributed by atoms with Crippen molar-refractivity contribution in [2.75, 3.05) is 7.05 Å². The van der Waals surface area contributed by atoms with E-state index in [0.717, 1.165) is 24.7 Å². The molecule has 0 aliphatic carbocycles. The lowest BCUT2D eigenvalue weighted by molar-refractivity contribution is 0.657. The van der Waals surface area contributed by atoms with Crippen molar-refractivity contribution in [2.45, 2.75) is 40.4 Å². The molecule has 142 valence electrons. The van der Waals surface area contributed by atoms with Crippen LogP contribution in [0.25, 0.3) is 0 Å². The van der Waals surface area contributed by atoms with Gasteiger partial charge in [0.05, 0.1) is 18.8 Å². The second kappa shape index (κ2) is 8.86. The van der Waals surface area contributed by atoms with E-state index in [-0.39, 0.29) is 0 Å². The molecule has 27 heavy (non-hydrogen) atoms. The number of hydrogen-bond acceptors (Lipinski definition) is 3. The summed E-state index contributed by atoms with van der Waals surface area (Å²) in [5.74, 6) is 0.803. The smallest absolute Gasteiger partial charge is 0.191 e. The molecule has 0 spiro atoms. The molecule has 2 heterocycles. The third-order valence-electron chi connectivity index (χ3n) is 4.75. The topological polar surface area (TPSA) is 54.2 Å². The van der Waals surface area contributed by atoms with Gasteiger partial charge < -0.3 is 10.6 Å². The third kappa shape index (κ3) is 4.77. The van der Waals surface area contributed by atoms with Crippen molar-refractivity contribution < 1.29 is 0 Å². The number of hydrogen-bond donors (Lipinski definition) is 2. The summed E-state index contributed by atoms with van der Waals surface area (Å²) in [5, 5.41) is 13.7. The van der Waals surface area contributed by atoms with Gasteiger partial charge in [-0.15, -0.1) is 11.3 Å². The molecule has 3 aromatic rings. The minimum atomic E-state index is 0.704. The van der Waals surface area contributed by atoms with E-state index < -0.39 is 0 Å². The number of aliphatic imine (C=N–C) groups is 1. The molecule has 2 N–H and O–H groups in total. The Kier molecular flexibility index (Phi) is 6.29. The SMILES string of the molecule is CN=C(NCc1sccc1C)NCc1c(C)nn(Cc2ccccc2)c1C. The van der Waals surface area contributed by atoms with Crippen molar-refractivity contribution in [3.05, 3.63) is 74.7 Å². The average molecular weight is 382 g/mol. The van der Waals surface area contributed by atoms with Gasteiger partial charge in [-0.1, -0.05) is 30.3 Å². The molecule has 0 radical (unpaired) electrons. The van der Waals surface area contributed by atoms with E-state index in [0.29, 0.717) is 6.54 Å². The van der Waals surface area contributed by atoms with Crippen LogP contribution < -0.4 is 10.6 Å². The fourth-order valence-electron chi connectivity index (χ4n) is 3.04. The van der Waals surface area contributed by atoms with Crippen LogP contribution in [0.3, 0.4) is 0 Å². The number of nitrogens with one attached hydrogen (secondary N) is 2. The number of benzene rings is 1. The number of guanidine groups is 1. The van der Waals surface area contributed by atoms with E-state index in [9.17, 15) is 0 Å². The second-order valence-corrected chi connectivity index (χ2v) is 7.60. The van der Waals surface area contributed by atoms with Gasteiger partial charge in [-0.25, -0.2) is 0 Å². The molecule has 0 unspecified atom stereocenters. The minimum Gasteiger partial charge on any atom is -0.352 e. The van der Waals surface area contributed by atoms with Crippen LogP contribution in [0.4, 0.5) is 0 Å². The zero-order chi connectivity index (χ0) is 19.2. The summed E-state index contributed by atoms with van der Waals surface area (Å²) in [6, 6.07) is 12.6. The quantitative estimate of drug-likeness (QED) is 0.505. The number of aryl methyl sites for hydroxylation is 2. The van der Waals surface area contributed by atoms with Crippen LogP contribution >= 0.6 is 11.3 Å². The standard InChI is InChI=1S/C21H27N5S/c1-15-10-11-27-20(15)13-24-21(22-4)23-12-19-16(2)25-26(17(19)3)14-18-8-6-5-7-9-18/h5-11H,12-14H2,1-4H3,(H2,22,23,24). The van der Waals surface area contributed by atoms with E-state index in [1.807, 2.05) is 6.07 Å². The van der Waals surface area contributed by atoms with E-state index in [2.05, 4.69) is 76.8 Å². The molecular weight excluding hydrogens is 354 g/mol. The summed E-state index contributed by atoms with van der Waals surface area (Å²) < 4.78 is 2.08. The Morgan fingerprint density at radius 1 is 1.07 bits per heavy atom. The maximum absolute atomic E-state index is 4.73. The summed E-state index contributed by atoms with van der Waals surface area (Å²) in [6.07, 6.45) is 0. The van der Waals surface area contributed by atoms with Crippen LogP contribution in [0, 0.1) is 20.8 Å². The highest BCUT2D eigenvalue weighted by Crippen LogP contribution is 2.16. The summed E-state index contributed by atoms with van der Waals surface area (Å²) in [7, 11) is 1.80. The Hall–Kier alpha value is -2.60. The summed E-state index contributed by atoms with van der Waals surface area (Å²) in [4.78, 5) is 5.67. The number of thiophene rings is 1. The monoisotopic (exact) mass is 381 g/mol. The van der Waals surface area contributed by atoms with Crippen molar-refractivity contribution in [1.29, 1.82) is 0 Å². The molecule has 0 bridgehead atoms. The predicted molar refractivity (Wildman–Crippen MR) is 113 cm³/mol. The van der Waals surface area contributed by atoms with Gasteiger partial charge in [-0.3, -0.25) is 9.67 Å². The van der Waals surface area contributed by atoms with Gasteiger partial charge in [0.2, 0.25) is 0 Å². The molecule has 3 rings (SSSR count). The zero-order valence-electron chi connectivity index (χ0n) is 16.4. The fourth-order valence-corrected chi connectivity index (χ4v) is 3.89. The maximum Gasteiger partial charge on any atom is 0.191 e. The first-order valence-electron chi connectivity index (χ1n) is 9.12. The molecule has 0 atom stereocenters. The molecule has 0 aliphatic heterocycles. The lowest BCUT2D eigenvalue weighted by Gasteiger charge is -2.12. The van der Waals surface area contributed by atoms with Gasteiger partial charge in [0.1, 0.15) is 0 Å². The molecule has 1 aromatic carbocycles. The first-order chi connectivity index (χ1) is 13.1. The van der Waals surface area contributed by atoms with Crippen LogP contribution in [-0.2, 0) is 19.6 Å². The minimum absolute atomic E-state index is 0.704. The molecule has 0 saturated heterocycles. The molecule has 0 aliphatic rings. The molecule has 0 saturated carbocycles. The van der Waals surface area contributed by atoms with E-state index >= 15 is 0 Å². The molecular formula is C21H27N5S. The van der Waals surface area contributed by atoms with Gasteiger partial charge in [0.15, 0.2) is 5.96 Å². The van der Waals surface area contributed by atoms with Crippen LogP contribution in [0.2, 0.25) is 0 Å². The molecule has 6 heteroatoms. The Morgan fingerprint density at radius 2 is 1.81 bits per heavy atom. The first kappa shape index (κ1) is 19.2. The Bertz CT molecular complexity index is 908. The lowest BCUT2D eigenvalue weighted by Crippen LogP contribution is -2.36. The van der Waals surface area contributed by atoms with Crippen LogP contribution in [0.1, 0.15) is 33.0 Å². The Labute approximate surface area is 165 Å². The zero-order valence-corrected chi connectivity index (χ0v) is 17.2. The highest BCUT2D eigenvalue weighted by atomic mass is 32.1. The second-order valence-electron chi connectivity index (χ2n) is 6.60. The predicted octanol–water partition coefficient (Wildman–Crippen LogP) is 3.78. The van der Waals surface area contributed by atoms with Crippen molar-refractivity contribution in [3.63, 3.8) is 0 Å². The van der Waals surface area contributed by atoms with Crippen molar-refractivity contribution >= 4 is 17.3 Å². The van der Waals surface area contributed by atoms with Crippen LogP contribution in [0.15, 0.2) is 46.8 Å².